The minimum absolute atomic E-state index is 0. The number of carbonyl (C=O) groups is 2. The summed E-state index contributed by atoms with van der Waals surface area (Å²) in [5, 5.41) is 19.5. The summed E-state index contributed by atoms with van der Waals surface area (Å²) in [4.78, 5) is 40.6. The number of carbonyl (C=O) groups excluding carboxylic acids is 2. The molecule has 398 valence electrons. The second kappa shape index (κ2) is 26.0. The molecule has 0 aliphatic rings. The molecular weight excluding hydrogens is 1240 g/mol. The predicted octanol–water partition coefficient (Wildman–Crippen LogP) is -9.62. The van der Waals surface area contributed by atoms with Crippen LogP contribution in [-0.2, 0) is 41.2 Å². The van der Waals surface area contributed by atoms with Crippen LogP contribution in [0.2, 0.25) is 0 Å². The number of tetrazole rings is 2. The Hall–Kier alpha value is -4.58. The Labute approximate surface area is 561 Å². The van der Waals surface area contributed by atoms with Crippen molar-refractivity contribution in [3.63, 3.8) is 0 Å². The molecule has 0 unspecified atom stereocenters. The van der Waals surface area contributed by atoms with Gasteiger partial charge >= 0.3 is 128 Å². The zero-order valence-electron chi connectivity index (χ0n) is 43.0. The molecule has 10 aromatic rings. The van der Waals surface area contributed by atoms with Crippen LogP contribution in [0.5, 0.6) is 11.5 Å². The third-order valence-electron chi connectivity index (χ3n) is 11.1. The normalized spacial score (nSPS) is 11.6. The molecule has 6 aromatic carbocycles. The maximum atomic E-state index is 12.8. The van der Waals surface area contributed by atoms with Crippen LogP contribution in [0.25, 0.3) is 76.0 Å². The Balaban J connectivity index is 0.00000270. The van der Waals surface area contributed by atoms with Crippen molar-refractivity contribution >= 4 is 96.1 Å². The number of ether oxygens (including phenoxy) is 2. The summed E-state index contributed by atoms with van der Waals surface area (Å²) in [6.07, 6.45) is 0. The Morgan fingerprint density at radius 3 is 1.10 bits per heavy atom. The van der Waals surface area contributed by atoms with Gasteiger partial charge in [0.2, 0.25) is 0 Å². The number of nitrogens with zero attached hydrogens (tertiary/aromatic N) is 12. The monoisotopic (exact) mass is 1260 g/mol. The summed E-state index contributed by atoms with van der Waals surface area (Å²) in [5.41, 5.74) is 2.30. The number of hydrogen-bond donors (Lipinski definition) is 0. The van der Waals surface area contributed by atoms with Gasteiger partial charge in [-0.1, -0.05) is 69.0 Å². The molecule has 0 aliphatic carbocycles. The molecule has 0 fully saturated rings. The maximum absolute atomic E-state index is 12.8. The van der Waals surface area contributed by atoms with Crippen molar-refractivity contribution in [2.45, 2.75) is 0 Å². The minimum Gasteiger partial charge on any atom is -0.730 e. The van der Waals surface area contributed by atoms with E-state index in [4.69, 9.17) is 29.6 Å². The fourth-order valence-corrected chi connectivity index (χ4v) is 12.5. The van der Waals surface area contributed by atoms with Crippen molar-refractivity contribution < 1.29 is 199 Å². The van der Waals surface area contributed by atoms with E-state index in [1.807, 2.05) is 24.3 Å². The molecule has 4 aromatic heterocycles. The van der Waals surface area contributed by atoms with Gasteiger partial charge in [-0.2, -0.15) is 0 Å². The zero-order chi connectivity index (χ0) is 55.6. The van der Waals surface area contributed by atoms with Crippen LogP contribution in [0.15, 0.2) is 133 Å². The van der Waals surface area contributed by atoms with Gasteiger partial charge in [-0.3, -0.25) is 9.59 Å². The first-order chi connectivity index (χ1) is 36.9. The molecular formula is C44H28N12Na4O16S6+2. The molecule has 28 nitrogen and oxygen atoms in total. The summed E-state index contributed by atoms with van der Waals surface area (Å²) in [6.45, 7) is 0. The van der Waals surface area contributed by atoms with Crippen LogP contribution in [0.4, 0.5) is 0 Å². The summed E-state index contributed by atoms with van der Waals surface area (Å²) < 4.78 is 150. The topological polar surface area (TPSA) is 383 Å². The second-order valence-corrected chi connectivity index (χ2v) is 23.3. The summed E-state index contributed by atoms with van der Waals surface area (Å²) in [7, 11) is -21.4. The minimum atomic E-state index is -6.06. The van der Waals surface area contributed by atoms with Crippen LogP contribution >= 0.6 is 22.7 Å². The van der Waals surface area contributed by atoms with Crippen molar-refractivity contribution in [1.29, 1.82) is 0 Å². The number of hydrogen-bond acceptors (Lipinski definition) is 24. The first-order valence-electron chi connectivity index (χ1n) is 21.5. The van der Waals surface area contributed by atoms with E-state index in [9.17, 15) is 61.5 Å². The van der Waals surface area contributed by atoms with Gasteiger partial charge in [0.05, 0.1) is 23.6 Å². The first-order valence-corrected chi connectivity index (χ1v) is 28.6. The average Bonchev–Trinajstić information content (AvgIpc) is 4.36. The van der Waals surface area contributed by atoms with Gasteiger partial charge in [-0.15, -0.1) is 7.42 Å². The van der Waals surface area contributed by atoms with Gasteiger partial charge in [0.1, 0.15) is 11.5 Å². The largest absolute Gasteiger partial charge is 1.00 e. The molecule has 0 aliphatic heterocycles. The quantitative estimate of drug-likeness (QED) is 0.0522. The molecule has 2 amide bonds. The van der Waals surface area contributed by atoms with E-state index < -0.39 is 71.6 Å². The van der Waals surface area contributed by atoms with E-state index in [1.165, 1.54) is 80.3 Å². The van der Waals surface area contributed by atoms with E-state index in [1.54, 1.807) is 60.7 Å². The number of rotatable bonds is 15. The third kappa shape index (κ3) is 13.6. The molecule has 0 saturated heterocycles. The van der Waals surface area contributed by atoms with Gasteiger partial charge in [0, 0.05) is 32.5 Å². The van der Waals surface area contributed by atoms with Crippen molar-refractivity contribution in [3.8, 4) is 67.0 Å². The van der Waals surface area contributed by atoms with Crippen LogP contribution in [0, 0.1) is 0 Å². The Morgan fingerprint density at radius 1 is 0.476 bits per heavy atom. The Morgan fingerprint density at radius 2 is 0.793 bits per heavy atom. The number of thiazole rings is 2. The molecule has 0 bridgehead atoms. The number of para-hydroxylation sites is 2. The molecule has 38 heteroatoms. The molecule has 10 rings (SSSR count). The van der Waals surface area contributed by atoms with Crippen LogP contribution in [-0.4, -0.2) is 125 Å². The fraction of sp³-hybridized carbons (Fsp3) is 0.0455. The summed E-state index contributed by atoms with van der Waals surface area (Å²) in [5.74, 6) is -3.25. The van der Waals surface area contributed by atoms with Gasteiger partial charge in [0.25, 0.3) is 23.5 Å². The third-order valence-corrected chi connectivity index (χ3v) is 17.6. The molecule has 0 saturated carbocycles. The van der Waals surface area contributed by atoms with Gasteiger partial charge in [-0.05, 0) is 138 Å². The maximum Gasteiger partial charge on any atom is 1.00 e. The molecule has 0 spiro atoms. The van der Waals surface area contributed by atoms with Crippen molar-refractivity contribution in [2.75, 3.05) is 14.2 Å². The van der Waals surface area contributed by atoms with Crippen LogP contribution < -0.4 is 137 Å². The van der Waals surface area contributed by atoms with Crippen molar-refractivity contribution in [3.05, 3.63) is 145 Å². The van der Waals surface area contributed by atoms with Crippen molar-refractivity contribution in [1.82, 2.24) is 47.4 Å². The first kappa shape index (κ1) is 66.6. The summed E-state index contributed by atoms with van der Waals surface area (Å²) in [6, 6.07) is 33.7. The van der Waals surface area contributed by atoms with Gasteiger partial charge in [-0.25, -0.2) is 33.7 Å². The summed E-state index contributed by atoms with van der Waals surface area (Å²) >= 11 is 2.54. The molecule has 4 heterocycles. The Bertz CT molecular complexity index is 4150. The molecule has 0 atom stereocenters. The number of fused-ring (bicyclic) bond motifs is 2. The fourth-order valence-electron chi connectivity index (χ4n) is 7.66. The smallest absolute Gasteiger partial charge is 0.730 e. The SMILES string of the molecule is COc1cc(-c2ccc(-n3nc(-c4ccc(C(=O)N(S(=O)(=O)[O-])S(=O)(=O)[O-])cc4)n[n+]3-c3nc4ccccc4s3)c(OC)c2)ccc1-n1nc(-c2ccc(C(=O)N(S(=O)(=O)[O-])S(=O)(=O)[O-])cc2)n[n+]1-c1nc2ccccc2s1.[Na+].[Na+].[Na+].[Na+]. The number of aromatic nitrogens is 10. The number of amides is 2. The number of methoxy groups -OCH3 is 2. The van der Waals surface area contributed by atoms with Gasteiger partial charge in [0.15, 0.2) is 63.6 Å². The molecule has 82 heavy (non-hydrogen) atoms. The van der Waals surface area contributed by atoms with Crippen LogP contribution in [0.1, 0.15) is 20.7 Å². The standard InChI is InChI=1S/C44H30N12O16S6.4Na/c1-71-35-23-29(19-21-33(35)51-47-39(49-53(51)43-45-31-7-3-5-9-37(31)73-43)25-11-15-27(16-12-25)41(57)55(75(59,60)61)76(62,63)64)30-20-22-34(36(24-30)72-2)52-48-40(50-54(52)44-46-32-8-4-6-10-38(32)74-44)26-13-17-28(18-14-26)42(58)56(77(65,66)67)78(68,69)70;;;;/h3-24H,1-2H3,(H2-2,59,60,61,62,63,64,65,66,67,68,69,70);;;;/q;4*+1/p-2. The van der Waals surface area contributed by atoms with E-state index in [0.29, 0.717) is 43.8 Å². The van der Waals surface area contributed by atoms with E-state index in [0.717, 1.165) is 33.7 Å². The van der Waals surface area contributed by atoms with E-state index in [-0.39, 0.29) is 153 Å². The zero-order valence-corrected chi connectivity index (χ0v) is 55.9. The van der Waals surface area contributed by atoms with Crippen LogP contribution in [0.3, 0.4) is 0 Å². The van der Waals surface area contributed by atoms with Crippen molar-refractivity contribution in [2.24, 2.45) is 0 Å². The van der Waals surface area contributed by atoms with Gasteiger partial charge < -0.3 is 27.7 Å². The predicted molar refractivity (Wildman–Crippen MR) is 266 cm³/mol. The molecule has 0 radical (unpaired) electrons. The Kier molecular flexibility index (Phi) is 21.1. The molecule has 0 N–H and O–H groups in total. The van der Waals surface area contributed by atoms with E-state index in [2.05, 4.69) is 10.2 Å². The van der Waals surface area contributed by atoms with E-state index >= 15 is 0 Å². The second-order valence-electron chi connectivity index (χ2n) is 15.9. The number of benzene rings is 6. The average molecular weight is 1270 g/mol.